The molecule has 0 aliphatic rings. The van der Waals surface area contributed by atoms with Gasteiger partial charge in [-0.1, -0.05) is 0 Å². The molecule has 3 N–H and O–H groups in total. The molecule has 1 atom stereocenters. The van der Waals surface area contributed by atoms with E-state index in [0.717, 1.165) is 17.1 Å². The van der Waals surface area contributed by atoms with Crippen molar-refractivity contribution in [2.45, 2.75) is 33.4 Å². The summed E-state index contributed by atoms with van der Waals surface area (Å²) in [6.07, 6.45) is 3.14. The van der Waals surface area contributed by atoms with Gasteiger partial charge in [0.15, 0.2) is 0 Å². The number of aryl methyl sites for hydroxylation is 2. The van der Waals surface area contributed by atoms with E-state index >= 15 is 0 Å². The van der Waals surface area contributed by atoms with Crippen molar-refractivity contribution in [3.8, 4) is 0 Å². The summed E-state index contributed by atoms with van der Waals surface area (Å²) in [6.45, 7) is 5.85. The molecule has 0 saturated carbocycles. The van der Waals surface area contributed by atoms with E-state index in [1.165, 1.54) is 10.9 Å². The number of aromatic nitrogens is 2. The van der Waals surface area contributed by atoms with Crippen molar-refractivity contribution in [2.75, 3.05) is 5.73 Å². The van der Waals surface area contributed by atoms with Gasteiger partial charge in [0.1, 0.15) is 18.1 Å². The van der Waals surface area contributed by atoms with Crippen LogP contribution in [-0.2, 0) is 11.3 Å². The van der Waals surface area contributed by atoms with E-state index < -0.39 is 0 Å². The minimum atomic E-state index is -0.117. The zero-order chi connectivity index (χ0) is 14.0. The average Bonchev–Trinajstić information content (AvgIpc) is 2.84. The molecule has 0 fully saturated rings. The average molecular weight is 262 g/mol. The molecule has 102 valence electrons. The second-order valence-corrected chi connectivity index (χ2v) is 4.63. The molecule has 0 aliphatic heterocycles. The van der Waals surface area contributed by atoms with Gasteiger partial charge < -0.3 is 15.5 Å². The van der Waals surface area contributed by atoms with Crippen LogP contribution in [0.3, 0.4) is 0 Å². The van der Waals surface area contributed by atoms with Gasteiger partial charge in [0.05, 0.1) is 17.9 Å². The van der Waals surface area contributed by atoms with Crippen molar-refractivity contribution in [1.82, 2.24) is 15.1 Å². The highest BCUT2D eigenvalue weighted by molar-refractivity contribution is 5.76. The van der Waals surface area contributed by atoms with Gasteiger partial charge in [0.2, 0.25) is 5.91 Å². The Morgan fingerprint density at radius 3 is 2.84 bits per heavy atom. The van der Waals surface area contributed by atoms with Gasteiger partial charge in [0, 0.05) is 11.8 Å². The predicted molar refractivity (Wildman–Crippen MR) is 71.4 cm³/mol. The molecular weight excluding hydrogens is 244 g/mol. The Hall–Kier alpha value is -2.24. The number of amides is 1. The monoisotopic (exact) mass is 262 g/mol. The SMILES string of the molecule is Cc1cc(C(C)NC(=O)Cn2cc(N)cn2)c(C)o1. The number of nitrogens with one attached hydrogen (secondary N) is 1. The number of carbonyl (C=O) groups is 1. The summed E-state index contributed by atoms with van der Waals surface area (Å²) >= 11 is 0. The molecule has 1 amide bonds. The number of anilines is 1. The summed E-state index contributed by atoms with van der Waals surface area (Å²) < 4.78 is 6.96. The molecule has 2 rings (SSSR count). The maximum absolute atomic E-state index is 11.9. The Kier molecular flexibility index (Phi) is 3.59. The number of hydrogen-bond acceptors (Lipinski definition) is 4. The van der Waals surface area contributed by atoms with E-state index in [0.29, 0.717) is 5.69 Å². The summed E-state index contributed by atoms with van der Waals surface area (Å²) in [4.78, 5) is 11.9. The van der Waals surface area contributed by atoms with Crippen LogP contribution in [-0.4, -0.2) is 15.7 Å². The van der Waals surface area contributed by atoms with E-state index in [1.54, 1.807) is 6.20 Å². The zero-order valence-corrected chi connectivity index (χ0v) is 11.3. The van der Waals surface area contributed by atoms with Gasteiger partial charge in [-0.05, 0) is 26.8 Å². The predicted octanol–water partition coefficient (Wildman–Crippen LogP) is 1.55. The number of rotatable bonds is 4. The first-order valence-electron chi connectivity index (χ1n) is 6.10. The van der Waals surface area contributed by atoms with Crippen LogP contribution in [0.1, 0.15) is 30.0 Å². The lowest BCUT2D eigenvalue weighted by atomic mass is 10.1. The minimum absolute atomic E-state index is 0.0992. The molecule has 2 aromatic heterocycles. The maximum Gasteiger partial charge on any atom is 0.242 e. The van der Waals surface area contributed by atoms with Crippen molar-refractivity contribution >= 4 is 11.6 Å². The third kappa shape index (κ3) is 3.15. The smallest absolute Gasteiger partial charge is 0.242 e. The number of nitrogen functional groups attached to an aromatic ring is 1. The van der Waals surface area contributed by atoms with Crippen LogP contribution in [0.4, 0.5) is 5.69 Å². The third-order valence-corrected chi connectivity index (χ3v) is 2.88. The van der Waals surface area contributed by atoms with Crippen LogP contribution >= 0.6 is 0 Å². The minimum Gasteiger partial charge on any atom is -0.466 e. The summed E-state index contributed by atoms with van der Waals surface area (Å²) in [6, 6.07) is 1.84. The fourth-order valence-electron chi connectivity index (χ4n) is 2.06. The molecule has 0 radical (unpaired) electrons. The summed E-state index contributed by atoms with van der Waals surface area (Å²) in [5.74, 6) is 1.55. The largest absolute Gasteiger partial charge is 0.466 e. The molecule has 1 unspecified atom stereocenters. The molecular formula is C13H18N4O2. The van der Waals surface area contributed by atoms with Crippen LogP contribution < -0.4 is 11.1 Å². The lowest BCUT2D eigenvalue weighted by Gasteiger charge is -2.13. The summed E-state index contributed by atoms with van der Waals surface area (Å²) in [5.41, 5.74) is 7.08. The van der Waals surface area contributed by atoms with Crippen molar-refractivity contribution in [3.05, 3.63) is 35.5 Å². The quantitative estimate of drug-likeness (QED) is 0.875. The molecule has 0 spiro atoms. The van der Waals surface area contributed by atoms with Crippen LogP contribution in [0, 0.1) is 13.8 Å². The highest BCUT2D eigenvalue weighted by Gasteiger charge is 2.15. The molecule has 0 aromatic carbocycles. The van der Waals surface area contributed by atoms with Gasteiger partial charge in [-0.3, -0.25) is 9.48 Å². The van der Waals surface area contributed by atoms with E-state index in [9.17, 15) is 4.79 Å². The van der Waals surface area contributed by atoms with Gasteiger partial charge in [0.25, 0.3) is 0 Å². The van der Waals surface area contributed by atoms with Crippen LogP contribution in [0.25, 0.3) is 0 Å². The Balaban J connectivity index is 1.97. The number of furan rings is 1. The Morgan fingerprint density at radius 2 is 2.32 bits per heavy atom. The first-order valence-corrected chi connectivity index (χ1v) is 6.10. The van der Waals surface area contributed by atoms with E-state index in [1.807, 2.05) is 26.8 Å². The maximum atomic E-state index is 11.9. The second-order valence-electron chi connectivity index (χ2n) is 4.63. The topological polar surface area (TPSA) is 86.1 Å². The number of hydrogen-bond donors (Lipinski definition) is 2. The Morgan fingerprint density at radius 1 is 1.58 bits per heavy atom. The van der Waals surface area contributed by atoms with Crippen molar-refractivity contribution in [1.29, 1.82) is 0 Å². The zero-order valence-electron chi connectivity index (χ0n) is 11.3. The number of nitrogens with zero attached hydrogens (tertiary/aromatic N) is 2. The van der Waals surface area contributed by atoms with Gasteiger partial charge in [-0.15, -0.1) is 0 Å². The molecule has 6 nitrogen and oxygen atoms in total. The number of nitrogens with two attached hydrogens (primary N) is 1. The molecule has 2 heterocycles. The van der Waals surface area contributed by atoms with Crippen LogP contribution in [0.15, 0.2) is 22.9 Å². The van der Waals surface area contributed by atoms with E-state index in [-0.39, 0.29) is 18.5 Å². The first kappa shape index (κ1) is 13.2. The van der Waals surface area contributed by atoms with Crippen molar-refractivity contribution in [2.24, 2.45) is 0 Å². The highest BCUT2D eigenvalue weighted by Crippen LogP contribution is 2.20. The Labute approximate surface area is 111 Å². The molecule has 19 heavy (non-hydrogen) atoms. The van der Waals surface area contributed by atoms with Crippen LogP contribution in [0.5, 0.6) is 0 Å². The molecule has 6 heteroatoms. The van der Waals surface area contributed by atoms with E-state index in [2.05, 4.69) is 10.4 Å². The third-order valence-electron chi connectivity index (χ3n) is 2.88. The van der Waals surface area contributed by atoms with E-state index in [4.69, 9.17) is 10.2 Å². The lowest BCUT2D eigenvalue weighted by Crippen LogP contribution is -2.30. The lowest BCUT2D eigenvalue weighted by molar-refractivity contribution is -0.122. The second kappa shape index (κ2) is 5.17. The van der Waals surface area contributed by atoms with Gasteiger partial charge in [-0.25, -0.2) is 0 Å². The number of carbonyl (C=O) groups excluding carboxylic acids is 1. The first-order chi connectivity index (χ1) is 8.95. The normalized spacial score (nSPS) is 12.4. The standard InChI is InChI=1S/C13H18N4O2/c1-8-4-12(10(3)19-8)9(2)16-13(18)7-17-6-11(14)5-15-17/h4-6,9H,7,14H2,1-3H3,(H,16,18). The fourth-order valence-corrected chi connectivity index (χ4v) is 2.06. The Bertz CT molecular complexity index is 585. The van der Waals surface area contributed by atoms with Gasteiger partial charge in [-0.2, -0.15) is 5.10 Å². The summed E-state index contributed by atoms with van der Waals surface area (Å²) in [7, 11) is 0. The van der Waals surface area contributed by atoms with Crippen LogP contribution in [0.2, 0.25) is 0 Å². The molecule has 2 aromatic rings. The molecule has 0 aliphatic carbocycles. The summed E-state index contributed by atoms with van der Waals surface area (Å²) in [5, 5.41) is 6.88. The van der Waals surface area contributed by atoms with Crippen molar-refractivity contribution < 1.29 is 9.21 Å². The molecule has 0 bridgehead atoms. The highest BCUT2D eigenvalue weighted by atomic mass is 16.3. The van der Waals surface area contributed by atoms with Gasteiger partial charge >= 0.3 is 0 Å². The fraction of sp³-hybridized carbons (Fsp3) is 0.385. The molecule has 0 saturated heterocycles. The van der Waals surface area contributed by atoms with Crippen molar-refractivity contribution in [3.63, 3.8) is 0 Å².